The summed E-state index contributed by atoms with van der Waals surface area (Å²) in [5.41, 5.74) is 1.47. The fourth-order valence-electron chi connectivity index (χ4n) is 1.86. The Morgan fingerprint density at radius 3 is 2.68 bits per heavy atom. The van der Waals surface area contributed by atoms with Gasteiger partial charge in [-0.3, -0.25) is 14.9 Å². The Kier molecular flexibility index (Phi) is 3.04. The number of halogens is 2. The second-order valence-electron chi connectivity index (χ2n) is 3.99. The zero-order valence-corrected chi connectivity index (χ0v) is 11.6. The Morgan fingerprint density at radius 1 is 1.26 bits per heavy atom. The van der Waals surface area contributed by atoms with Crippen LogP contribution >= 0.6 is 34.9 Å². The average molecular weight is 317 g/mol. The van der Waals surface area contributed by atoms with E-state index < -0.39 is 6.04 Å². The predicted octanol–water partition coefficient (Wildman–Crippen LogP) is 1.83. The zero-order chi connectivity index (χ0) is 13.6. The molecule has 0 spiro atoms. The molecule has 19 heavy (non-hydrogen) atoms. The highest BCUT2D eigenvalue weighted by atomic mass is 35.5. The number of rotatable bonds is 2. The molecule has 9 heteroatoms. The number of hydrogen-bond acceptors (Lipinski definition) is 6. The third-order valence-corrected chi connectivity index (χ3v) is 3.85. The molecule has 3 rings (SSSR count). The van der Waals surface area contributed by atoms with Crippen molar-refractivity contribution >= 4 is 63.5 Å². The van der Waals surface area contributed by atoms with Crippen molar-refractivity contribution in [2.75, 3.05) is 5.32 Å². The number of anilines is 1. The van der Waals surface area contributed by atoms with Crippen LogP contribution < -0.4 is 10.6 Å². The first-order valence-electron chi connectivity index (χ1n) is 5.27. The zero-order valence-electron chi connectivity index (χ0n) is 9.24. The normalized spacial score (nSPS) is 18.9. The molecule has 1 aromatic heterocycles. The van der Waals surface area contributed by atoms with Crippen molar-refractivity contribution < 1.29 is 9.59 Å². The largest absolute Gasteiger partial charge is 0.370 e. The monoisotopic (exact) mass is 316 g/mol. The van der Waals surface area contributed by atoms with Gasteiger partial charge in [-0.1, -0.05) is 23.2 Å². The summed E-state index contributed by atoms with van der Waals surface area (Å²) < 4.78 is 8.17. The highest BCUT2D eigenvalue weighted by Gasteiger charge is 2.31. The molecule has 2 amide bonds. The van der Waals surface area contributed by atoms with Gasteiger partial charge in [0.25, 0.3) is 0 Å². The summed E-state index contributed by atoms with van der Waals surface area (Å²) in [6.45, 7) is 0. The molecule has 1 fully saturated rings. The molecule has 2 aromatic rings. The smallest absolute Gasteiger partial charge is 0.249 e. The number of carbonyl (C=O) groups is 2. The molecule has 1 atom stereocenters. The number of imide groups is 1. The van der Waals surface area contributed by atoms with Crippen LogP contribution in [-0.2, 0) is 9.59 Å². The molecule has 1 aliphatic rings. The van der Waals surface area contributed by atoms with Crippen molar-refractivity contribution in [3.63, 3.8) is 0 Å². The summed E-state index contributed by atoms with van der Waals surface area (Å²) in [5.74, 6) is -0.701. The van der Waals surface area contributed by atoms with Crippen LogP contribution in [-0.4, -0.2) is 26.6 Å². The van der Waals surface area contributed by atoms with Crippen LogP contribution in [0.2, 0.25) is 10.0 Å². The van der Waals surface area contributed by atoms with Gasteiger partial charge in [-0.2, -0.15) is 8.75 Å². The van der Waals surface area contributed by atoms with E-state index in [4.69, 9.17) is 23.2 Å². The van der Waals surface area contributed by atoms with Crippen LogP contribution in [0, 0.1) is 0 Å². The maximum absolute atomic E-state index is 11.5. The van der Waals surface area contributed by atoms with E-state index in [-0.39, 0.29) is 18.2 Å². The van der Waals surface area contributed by atoms with E-state index in [1.54, 1.807) is 0 Å². The summed E-state index contributed by atoms with van der Waals surface area (Å²) >= 11 is 13.1. The fraction of sp³-hybridized carbons (Fsp3) is 0.200. The number of hydrogen-bond donors (Lipinski definition) is 2. The standard InChI is InChI=1S/C10H6Cl2N4O2S/c11-3-1-4(12)8-9(16-19-15-8)7(3)13-5-2-6(17)14-10(5)18/h1,5,13H,2H2,(H,14,17,18). The van der Waals surface area contributed by atoms with E-state index in [0.29, 0.717) is 26.8 Å². The maximum Gasteiger partial charge on any atom is 0.249 e. The first kappa shape index (κ1) is 12.6. The van der Waals surface area contributed by atoms with Gasteiger partial charge in [-0.25, -0.2) is 0 Å². The molecule has 0 bridgehead atoms. The van der Waals surface area contributed by atoms with Crippen molar-refractivity contribution in [3.05, 3.63) is 16.1 Å². The van der Waals surface area contributed by atoms with Gasteiger partial charge in [0.05, 0.1) is 33.9 Å². The summed E-state index contributed by atoms with van der Waals surface area (Å²) in [6, 6.07) is 0.875. The molecule has 1 aromatic carbocycles. The van der Waals surface area contributed by atoms with Crippen LogP contribution in [0.4, 0.5) is 5.69 Å². The van der Waals surface area contributed by atoms with Crippen LogP contribution in [0.15, 0.2) is 6.07 Å². The Morgan fingerprint density at radius 2 is 2.00 bits per heavy atom. The highest BCUT2D eigenvalue weighted by molar-refractivity contribution is 7.00. The fourth-order valence-corrected chi connectivity index (χ4v) is 3.02. The SMILES string of the molecule is O=C1CC(Nc2c(Cl)cc(Cl)c3nsnc23)C(=O)N1. The van der Waals surface area contributed by atoms with Crippen LogP contribution in [0.25, 0.3) is 11.0 Å². The van der Waals surface area contributed by atoms with Gasteiger partial charge in [0.15, 0.2) is 0 Å². The number of aromatic nitrogens is 2. The van der Waals surface area contributed by atoms with Crippen molar-refractivity contribution in [2.45, 2.75) is 12.5 Å². The third-order valence-electron chi connectivity index (χ3n) is 2.73. The van der Waals surface area contributed by atoms with Crippen LogP contribution in [0.5, 0.6) is 0 Å². The lowest BCUT2D eigenvalue weighted by molar-refractivity contribution is -0.124. The lowest BCUT2D eigenvalue weighted by Crippen LogP contribution is -2.30. The van der Waals surface area contributed by atoms with E-state index in [2.05, 4.69) is 19.4 Å². The maximum atomic E-state index is 11.5. The molecule has 0 radical (unpaired) electrons. The molecular formula is C10H6Cl2N4O2S. The molecule has 1 saturated heterocycles. The molecule has 2 heterocycles. The minimum atomic E-state index is -0.656. The first-order chi connectivity index (χ1) is 9.06. The third kappa shape index (κ3) is 2.13. The van der Waals surface area contributed by atoms with Crippen LogP contribution in [0.1, 0.15) is 6.42 Å². The Balaban J connectivity index is 2.03. The first-order valence-corrected chi connectivity index (χ1v) is 6.75. The van der Waals surface area contributed by atoms with Crippen molar-refractivity contribution in [3.8, 4) is 0 Å². The predicted molar refractivity (Wildman–Crippen MR) is 72.6 cm³/mol. The molecular weight excluding hydrogens is 311 g/mol. The van der Waals surface area contributed by atoms with Crippen molar-refractivity contribution in [1.82, 2.24) is 14.1 Å². The van der Waals surface area contributed by atoms with Gasteiger partial charge >= 0.3 is 0 Å². The summed E-state index contributed by atoms with van der Waals surface area (Å²) in [4.78, 5) is 22.7. The molecule has 0 saturated carbocycles. The molecule has 98 valence electrons. The van der Waals surface area contributed by atoms with Gasteiger partial charge in [-0.05, 0) is 6.07 Å². The summed E-state index contributed by atoms with van der Waals surface area (Å²) in [7, 11) is 0. The van der Waals surface area contributed by atoms with Gasteiger partial charge in [0.1, 0.15) is 17.1 Å². The number of nitrogens with zero attached hydrogens (tertiary/aromatic N) is 2. The molecule has 1 unspecified atom stereocenters. The topological polar surface area (TPSA) is 84.0 Å². The quantitative estimate of drug-likeness (QED) is 0.826. The highest BCUT2D eigenvalue weighted by Crippen LogP contribution is 2.35. The Bertz CT molecular complexity index is 702. The lowest BCUT2D eigenvalue weighted by atomic mass is 10.2. The Labute approximate surface area is 121 Å². The Hall–Kier alpha value is -1.44. The van der Waals surface area contributed by atoms with E-state index >= 15 is 0 Å². The van der Waals surface area contributed by atoms with E-state index in [0.717, 1.165) is 11.7 Å². The lowest BCUT2D eigenvalue weighted by Gasteiger charge is -2.12. The van der Waals surface area contributed by atoms with E-state index in [9.17, 15) is 9.59 Å². The second-order valence-corrected chi connectivity index (χ2v) is 5.33. The average Bonchev–Trinajstić information content (AvgIpc) is 2.92. The van der Waals surface area contributed by atoms with Crippen LogP contribution in [0.3, 0.4) is 0 Å². The number of carbonyl (C=O) groups excluding carboxylic acids is 2. The van der Waals surface area contributed by atoms with Crippen molar-refractivity contribution in [2.24, 2.45) is 0 Å². The van der Waals surface area contributed by atoms with E-state index in [1.807, 2.05) is 0 Å². The minimum Gasteiger partial charge on any atom is -0.370 e. The summed E-state index contributed by atoms with van der Waals surface area (Å²) in [5, 5.41) is 5.87. The van der Waals surface area contributed by atoms with Crippen molar-refractivity contribution in [1.29, 1.82) is 0 Å². The number of nitrogens with one attached hydrogen (secondary N) is 2. The molecule has 6 nitrogen and oxygen atoms in total. The number of amides is 2. The number of benzene rings is 1. The molecule has 2 N–H and O–H groups in total. The van der Waals surface area contributed by atoms with Gasteiger partial charge in [0.2, 0.25) is 11.8 Å². The number of fused-ring (bicyclic) bond motifs is 1. The molecule has 0 aliphatic carbocycles. The van der Waals surface area contributed by atoms with Gasteiger partial charge in [0, 0.05) is 0 Å². The van der Waals surface area contributed by atoms with Gasteiger partial charge in [-0.15, -0.1) is 0 Å². The second kappa shape index (κ2) is 4.59. The minimum absolute atomic E-state index is 0.0663. The molecule has 1 aliphatic heterocycles. The van der Waals surface area contributed by atoms with E-state index in [1.165, 1.54) is 6.07 Å². The summed E-state index contributed by atoms with van der Waals surface area (Å²) in [6.07, 6.45) is 0.0663. The van der Waals surface area contributed by atoms with Gasteiger partial charge < -0.3 is 5.32 Å².